The Morgan fingerprint density at radius 1 is 1.29 bits per heavy atom. The molecule has 1 fully saturated rings. The molecule has 1 aromatic carbocycles. The Morgan fingerprint density at radius 3 is 2.21 bits per heavy atom. The lowest BCUT2D eigenvalue weighted by Gasteiger charge is -2.01. The lowest BCUT2D eigenvalue weighted by Crippen LogP contribution is -2.02. The minimum atomic E-state index is -1.09. The second kappa shape index (κ2) is 3.04. The number of benzene rings is 1. The van der Waals surface area contributed by atoms with Crippen LogP contribution in [0.3, 0.4) is 0 Å². The maximum Gasteiger partial charge on any atom is 0.187 e. The fourth-order valence-corrected chi connectivity index (χ4v) is 1.29. The third kappa shape index (κ3) is 1.47. The molecule has 2 nitrogen and oxygen atoms in total. The van der Waals surface area contributed by atoms with Crippen LogP contribution in [0.5, 0.6) is 5.75 Å². The first kappa shape index (κ1) is 9.12. The Hall–Kier alpha value is -1.45. The van der Waals surface area contributed by atoms with Gasteiger partial charge < -0.3 is 5.11 Å². The van der Waals surface area contributed by atoms with Gasteiger partial charge in [-0.15, -0.1) is 0 Å². The Bertz CT molecular complexity index is 374. The molecule has 0 bridgehead atoms. The van der Waals surface area contributed by atoms with Crippen molar-refractivity contribution in [3.8, 4) is 5.75 Å². The summed E-state index contributed by atoms with van der Waals surface area (Å²) >= 11 is 0. The van der Waals surface area contributed by atoms with Crippen LogP contribution in [0.2, 0.25) is 0 Å². The number of phenols is 1. The van der Waals surface area contributed by atoms with E-state index < -0.39 is 17.4 Å². The molecule has 1 aliphatic carbocycles. The first-order valence-corrected chi connectivity index (χ1v) is 4.32. The number of carbonyl (C=O) groups is 1. The second-order valence-corrected chi connectivity index (χ2v) is 3.43. The third-order valence-electron chi connectivity index (χ3n) is 2.25. The van der Waals surface area contributed by atoms with Crippen LogP contribution in [0.4, 0.5) is 8.78 Å². The maximum atomic E-state index is 12.8. The van der Waals surface area contributed by atoms with Crippen molar-refractivity contribution in [2.45, 2.75) is 12.8 Å². The van der Waals surface area contributed by atoms with Gasteiger partial charge in [-0.05, 0) is 25.0 Å². The number of hydrogen-bond donors (Lipinski definition) is 1. The monoisotopic (exact) mass is 198 g/mol. The van der Waals surface area contributed by atoms with E-state index in [9.17, 15) is 13.6 Å². The van der Waals surface area contributed by atoms with E-state index in [-0.39, 0.29) is 17.3 Å². The molecule has 1 aliphatic rings. The van der Waals surface area contributed by atoms with E-state index >= 15 is 0 Å². The highest BCUT2D eigenvalue weighted by Gasteiger charge is 2.31. The molecule has 0 atom stereocenters. The average Bonchev–Trinajstić information content (AvgIpc) is 2.95. The number of ketones is 1. The molecule has 0 aliphatic heterocycles. The van der Waals surface area contributed by atoms with Crippen molar-refractivity contribution in [1.82, 2.24) is 0 Å². The van der Waals surface area contributed by atoms with Gasteiger partial charge in [-0.3, -0.25) is 4.79 Å². The van der Waals surface area contributed by atoms with Gasteiger partial charge in [-0.25, -0.2) is 8.78 Å². The highest BCUT2D eigenvalue weighted by molar-refractivity contribution is 5.99. The van der Waals surface area contributed by atoms with Crippen LogP contribution in [0.25, 0.3) is 0 Å². The molecule has 0 radical (unpaired) electrons. The first-order valence-electron chi connectivity index (χ1n) is 4.32. The number of halogens is 2. The average molecular weight is 198 g/mol. The molecular formula is C10H8F2O2. The van der Waals surface area contributed by atoms with Crippen molar-refractivity contribution in [1.29, 1.82) is 0 Å². The van der Waals surface area contributed by atoms with Gasteiger partial charge in [-0.1, -0.05) is 0 Å². The molecule has 0 aromatic heterocycles. The SMILES string of the molecule is O=C(c1cc(F)c(O)c(F)c1)C1CC1. The standard InChI is InChI=1S/C10H8F2O2/c11-7-3-6(4-8(12)10(7)14)9(13)5-1-2-5/h3-5,14H,1-2H2. The highest BCUT2D eigenvalue weighted by atomic mass is 19.1. The predicted molar refractivity (Wildman–Crippen MR) is 45.1 cm³/mol. The predicted octanol–water partition coefficient (Wildman–Crippen LogP) is 2.26. The number of phenolic OH excluding ortho intramolecular Hbond substituents is 1. The molecule has 1 aromatic rings. The number of hydrogen-bond acceptors (Lipinski definition) is 2. The van der Waals surface area contributed by atoms with Gasteiger partial charge in [0.15, 0.2) is 23.2 Å². The summed E-state index contributed by atoms with van der Waals surface area (Å²) in [6.07, 6.45) is 1.56. The molecule has 0 unspecified atom stereocenters. The number of rotatable bonds is 2. The molecule has 74 valence electrons. The summed E-state index contributed by atoms with van der Waals surface area (Å²) in [5.41, 5.74) is 0.000278. The van der Waals surface area contributed by atoms with E-state index in [4.69, 9.17) is 5.11 Å². The van der Waals surface area contributed by atoms with E-state index in [1.165, 1.54) is 0 Å². The summed E-state index contributed by atoms with van der Waals surface area (Å²) in [5.74, 6) is -3.54. The van der Waals surface area contributed by atoms with Crippen molar-refractivity contribution in [2.24, 2.45) is 5.92 Å². The largest absolute Gasteiger partial charge is 0.503 e. The van der Waals surface area contributed by atoms with Crippen molar-refractivity contribution in [3.05, 3.63) is 29.3 Å². The van der Waals surface area contributed by atoms with Gasteiger partial charge in [0.25, 0.3) is 0 Å². The van der Waals surface area contributed by atoms with Crippen LogP contribution in [-0.4, -0.2) is 10.9 Å². The molecule has 4 heteroatoms. The van der Waals surface area contributed by atoms with Gasteiger partial charge in [0.05, 0.1) is 0 Å². The Kier molecular flexibility index (Phi) is 1.98. The van der Waals surface area contributed by atoms with E-state index in [0.717, 1.165) is 25.0 Å². The third-order valence-corrected chi connectivity index (χ3v) is 2.25. The zero-order valence-corrected chi connectivity index (χ0v) is 7.26. The minimum absolute atomic E-state index is 0.000278. The summed E-state index contributed by atoms with van der Waals surface area (Å²) in [4.78, 5) is 11.4. The molecule has 0 amide bonds. The fourth-order valence-electron chi connectivity index (χ4n) is 1.29. The molecule has 0 heterocycles. The van der Waals surface area contributed by atoms with E-state index in [2.05, 4.69) is 0 Å². The lowest BCUT2D eigenvalue weighted by molar-refractivity contribution is 0.0966. The maximum absolute atomic E-state index is 12.8. The molecule has 14 heavy (non-hydrogen) atoms. The van der Waals surface area contributed by atoms with Gasteiger partial charge in [0.2, 0.25) is 0 Å². The number of carbonyl (C=O) groups excluding carboxylic acids is 1. The first-order chi connectivity index (χ1) is 6.59. The smallest absolute Gasteiger partial charge is 0.187 e. The van der Waals surface area contributed by atoms with Gasteiger partial charge in [0.1, 0.15) is 0 Å². The van der Waals surface area contributed by atoms with Crippen molar-refractivity contribution in [2.75, 3.05) is 0 Å². The quantitative estimate of drug-likeness (QED) is 0.740. The van der Waals surface area contributed by atoms with Crippen LogP contribution < -0.4 is 0 Å². The van der Waals surface area contributed by atoms with E-state index in [1.807, 2.05) is 0 Å². The Labute approximate surface area is 79.2 Å². The van der Waals surface area contributed by atoms with Gasteiger partial charge in [0, 0.05) is 11.5 Å². The summed E-state index contributed by atoms with van der Waals surface area (Å²) in [7, 11) is 0. The van der Waals surface area contributed by atoms with E-state index in [1.54, 1.807) is 0 Å². The van der Waals surface area contributed by atoms with Gasteiger partial charge in [-0.2, -0.15) is 0 Å². The lowest BCUT2D eigenvalue weighted by atomic mass is 10.1. The summed E-state index contributed by atoms with van der Waals surface area (Å²) in [6, 6.07) is 1.75. The van der Waals surface area contributed by atoms with Crippen LogP contribution in [-0.2, 0) is 0 Å². The Morgan fingerprint density at radius 2 is 1.79 bits per heavy atom. The zero-order chi connectivity index (χ0) is 10.3. The van der Waals surface area contributed by atoms with Crippen LogP contribution in [0.1, 0.15) is 23.2 Å². The van der Waals surface area contributed by atoms with Crippen LogP contribution in [0, 0.1) is 17.6 Å². The highest BCUT2D eigenvalue weighted by Crippen LogP contribution is 2.33. The van der Waals surface area contributed by atoms with Crippen molar-refractivity contribution in [3.63, 3.8) is 0 Å². The summed E-state index contributed by atoms with van der Waals surface area (Å²) < 4.78 is 25.7. The topological polar surface area (TPSA) is 37.3 Å². The summed E-state index contributed by atoms with van der Waals surface area (Å²) in [5, 5.41) is 8.81. The zero-order valence-electron chi connectivity index (χ0n) is 7.26. The second-order valence-electron chi connectivity index (χ2n) is 3.43. The number of Topliss-reactive ketones (excluding diaryl/α,β-unsaturated/α-hetero) is 1. The fraction of sp³-hybridized carbons (Fsp3) is 0.300. The van der Waals surface area contributed by atoms with Crippen molar-refractivity contribution < 1.29 is 18.7 Å². The summed E-state index contributed by atoms with van der Waals surface area (Å²) in [6.45, 7) is 0. The molecule has 2 rings (SSSR count). The molecular weight excluding hydrogens is 190 g/mol. The van der Waals surface area contributed by atoms with E-state index in [0.29, 0.717) is 0 Å². The minimum Gasteiger partial charge on any atom is -0.503 e. The number of aromatic hydroxyl groups is 1. The van der Waals surface area contributed by atoms with Crippen molar-refractivity contribution >= 4 is 5.78 Å². The molecule has 0 spiro atoms. The van der Waals surface area contributed by atoms with Crippen LogP contribution >= 0.6 is 0 Å². The molecule has 1 saturated carbocycles. The Balaban J connectivity index is 2.39. The van der Waals surface area contributed by atoms with Crippen LogP contribution in [0.15, 0.2) is 12.1 Å². The van der Waals surface area contributed by atoms with Gasteiger partial charge >= 0.3 is 0 Å². The normalized spacial score (nSPS) is 15.6. The molecule has 0 saturated heterocycles. The molecule has 1 N–H and O–H groups in total.